The van der Waals surface area contributed by atoms with Crippen molar-refractivity contribution in [3.05, 3.63) is 18.0 Å². The lowest BCUT2D eigenvalue weighted by molar-refractivity contribution is -0.137. The van der Waals surface area contributed by atoms with Crippen molar-refractivity contribution in [3.8, 4) is 0 Å². The van der Waals surface area contributed by atoms with Crippen LogP contribution in [0.15, 0.2) is 12.3 Å². The molecule has 1 aromatic rings. The Hall–Kier alpha value is -1.36. The first kappa shape index (κ1) is 12.7. The predicted octanol–water partition coefficient (Wildman–Crippen LogP) is 1.24. The average Bonchev–Trinajstić information content (AvgIpc) is 3.09. The van der Waals surface area contributed by atoms with E-state index in [1.807, 2.05) is 11.0 Å². The Bertz CT molecular complexity index is 431. The molecule has 1 saturated heterocycles. The molecule has 0 bridgehead atoms. The lowest BCUT2D eigenvalue weighted by Gasteiger charge is -2.34. The summed E-state index contributed by atoms with van der Waals surface area (Å²) in [5.41, 5.74) is 7.20. The summed E-state index contributed by atoms with van der Waals surface area (Å²) in [6.45, 7) is 1.69. The fourth-order valence-corrected chi connectivity index (χ4v) is 3.46. The van der Waals surface area contributed by atoms with Crippen molar-refractivity contribution in [3.63, 3.8) is 0 Å². The van der Waals surface area contributed by atoms with E-state index in [0.29, 0.717) is 5.92 Å². The van der Waals surface area contributed by atoms with Gasteiger partial charge in [-0.3, -0.25) is 9.89 Å². The van der Waals surface area contributed by atoms with Gasteiger partial charge < -0.3 is 10.6 Å². The molecule has 3 unspecified atom stereocenters. The van der Waals surface area contributed by atoms with Crippen LogP contribution in [0.4, 0.5) is 0 Å². The number of nitrogens with one attached hydrogen (secondary N) is 1. The number of amides is 1. The zero-order valence-corrected chi connectivity index (χ0v) is 11.2. The van der Waals surface area contributed by atoms with Crippen LogP contribution in [0.5, 0.6) is 0 Å². The van der Waals surface area contributed by atoms with Gasteiger partial charge in [-0.15, -0.1) is 0 Å². The second-order valence-corrected chi connectivity index (χ2v) is 5.84. The van der Waals surface area contributed by atoms with Crippen molar-refractivity contribution in [2.75, 3.05) is 13.1 Å². The number of aromatic nitrogens is 2. The molecule has 2 fully saturated rings. The fraction of sp³-hybridized carbons (Fsp3) is 0.714. The molecule has 2 aliphatic rings. The van der Waals surface area contributed by atoms with Gasteiger partial charge in [-0.25, -0.2) is 0 Å². The van der Waals surface area contributed by atoms with Crippen LogP contribution in [-0.2, 0) is 4.79 Å². The summed E-state index contributed by atoms with van der Waals surface area (Å²) in [5.74, 6) is 0.729. The summed E-state index contributed by atoms with van der Waals surface area (Å²) in [4.78, 5) is 14.6. The number of nitrogens with zero attached hydrogens (tertiary/aromatic N) is 2. The molecule has 0 aromatic carbocycles. The van der Waals surface area contributed by atoms with Gasteiger partial charge in [0.15, 0.2) is 0 Å². The van der Waals surface area contributed by atoms with Gasteiger partial charge in [0.2, 0.25) is 5.91 Å². The van der Waals surface area contributed by atoms with Gasteiger partial charge in [-0.1, -0.05) is 6.42 Å². The van der Waals surface area contributed by atoms with Crippen LogP contribution in [0.2, 0.25) is 0 Å². The molecule has 1 aromatic heterocycles. The van der Waals surface area contributed by atoms with E-state index in [0.717, 1.165) is 50.9 Å². The molecule has 3 N–H and O–H groups in total. The molecule has 104 valence electrons. The topological polar surface area (TPSA) is 75.0 Å². The Morgan fingerprint density at radius 2 is 2.26 bits per heavy atom. The maximum atomic E-state index is 12.5. The molecule has 3 rings (SSSR count). The second kappa shape index (κ2) is 5.33. The lowest BCUT2D eigenvalue weighted by Crippen LogP contribution is -2.45. The first-order valence-electron chi connectivity index (χ1n) is 7.29. The second-order valence-electron chi connectivity index (χ2n) is 5.84. The molecule has 3 atom stereocenters. The largest absolute Gasteiger partial charge is 0.342 e. The van der Waals surface area contributed by atoms with Gasteiger partial charge in [0.25, 0.3) is 0 Å². The number of likely N-dealkylation sites (tertiary alicyclic amines) is 1. The third kappa shape index (κ3) is 2.52. The van der Waals surface area contributed by atoms with Crippen molar-refractivity contribution in [1.82, 2.24) is 15.1 Å². The zero-order chi connectivity index (χ0) is 13.2. The number of piperidine rings is 1. The van der Waals surface area contributed by atoms with Gasteiger partial charge in [0.1, 0.15) is 0 Å². The number of hydrogen-bond donors (Lipinski definition) is 2. The Morgan fingerprint density at radius 1 is 1.37 bits per heavy atom. The highest BCUT2D eigenvalue weighted by molar-refractivity contribution is 5.80. The molecule has 1 amide bonds. The molecule has 1 aliphatic carbocycles. The highest BCUT2D eigenvalue weighted by atomic mass is 16.2. The van der Waals surface area contributed by atoms with E-state index in [-0.39, 0.29) is 17.9 Å². The number of H-pyrrole nitrogens is 1. The first-order chi connectivity index (χ1) is 9.25. The minimum Gasteiger partial charge on any atom is -0.342 e. The van der Waals surface area contributed by atoms with Gasteiger partial charge in [-0.05, 0) is 31.7 Å². The van der Waals surface area contributed by atoms with Crippen molar-refractivity contribution >= 4 is 5.91 Å². The SMILES string of the molecule is NC1CCCC1C(=O)N1CCCC(c2ccn[nH]2)C1. The Kier molecular flexibility index (Phi) is 3.55. The molecule has 1 saturated carbocycles. The predicted molar refractivity (Wildman–Crippen MR) is 72.5 cm³/mol. The first-order valence-corrected chi connectivity index (χ1v) is 7.29. The van der Waals surface area contributed by atoms with E-state index in [2.05, 4.69) is 10.2 Å². The number of carbonyl (C=O) groups is 1. The van der Waals surface area contributed by atoms with E-state index >= 15 is 0 Å². The normalized spacial score (nSPS) is 31.6. The lowest BCUT2D eigenvalue weighted by atomic mass is 9.93. The van der Waals surface area contributed by atoms with Crippen LogP contribution in [0.25, 0.3) is 0 Å². The minimum absolute atomic E-state index is 0.0560. The number of carbonyl (C=O) groups excluding carboxylic acids is 1. The van der Waals surface area contributed by atoms with Crippen LogP contribution in [-0.4, -0.2) is 40.1 Å². The van der Waals surface area contributed by atoms with Gasteiger partial charge in [-0.2, -0.15) is 5.10 Å². The number of hydrogen-bond acceptors (Lipinski definition) is 3. The molecule has 19 heavy (non-hydrogen) atoms. The van der Waals surface area contributed by atoms with Crippen molar-refractivity contribution < 1.29 is 4.79 Å². The van der Waals surface area contributed by atoms with Crippen LogP contribution in [0.3, 0.4) is 0 Å². The number of nitrogens with two attached hydrogens (primary N) is 1. The van der Waals surface area contributed by atoms with Gasteiger partial charge >= 0.3 is 0 Å². The molecule has 5 nitrogen and oxygen atoms in total. The van der Waals surface area contributed by atoms with Crippen molar-refractivity contribution in [1.29, 1.82) is 0 Å². The van der Waals surface area contributed by atoms with Crippen LogP contribution >= 0.6 is 0 Å². The standard InChI is InChI=1S/C14H22N4O/c15-12-5-1-4-11(12)14(19)18-8-2-3-10(9-18)13-6-7-16-17-13/h6-7,10-12H,1-5,8-9,15H2,(H,16,17). The summed E-state index contributed by atoms with van der Waals surface area (Å²) in [7, 11) is 0. The number of aromatic amines is 1. The summed E-state index contributed by atoms with van der Waals surface area (Å²) in [6, 6.07) is 2.08. The van der Waals surface area contributed by atoms with E-state index in [9.17, 15) is 4.79 Å². The fourth-order valence-electron chi connectivity index (χ4n) is 3.46. The molecule has 0 radical (unpaired) electrons. The third-order valence-electron chi connectivity index (χ3n) is 4.58. The molecular formula is C14H22N4O. The van der Waals surface area contributed by atoms with Gasteiger partial charge in [0, 0.05) is 36.9 Å². The third-order valence-corrected chi connectivity index (χ3v) is 4.58. The highest BCUT2D eigenvalue weighted by Crippen LogP contribution is 2.30. The van der Waals surface area contributed by atoms with Crippen LogP contribution in [0.1, 0.15) is 43.7 Å². The molecule has 5 heteroatoms. The van der Waals surface area contributed by atoms with E-state index in [1.165, 1.54) is 0 Å². The van der Waals surface area contributed by atoms with Crippen molar-refractivity contribution in [2.24, 2.45) is 11.7 Å². The van der Waals surface area contributed by atoms with E-state index in [4.69, 9.17) is 5.73 Å². The van der Waals surface area contributed by atoms with E-state index in [1.54, 1.807) is 6.20 Å². The molecule has 2 heterocycles. The van der Waals surface area contributed by atoms with E-state index < -0.39 is 0 Å². The summed E-state index contributed by atoms with van der Waals surface area (Å²) in [5, 5.41) is 7.04. The Balaban J connectivity index is 1.66. The van der Waals surface area contributed by atoms with Crippen LogP contribution < -0.4 is 5.73 Å². The van der Waals surface area contributed by atoms with Crippen molar-refractivity contribution in [2.45, 2.75) is 44.1 Å². The molecular weight excluding hydrogens is 240 g/mol. The maximum absolute atomic E-state index is 12.5. The maximum Gasteiger partial charge on any atom is 0.227 e. The average molecular weight is 262 g/mol. The molecule has 1 aliphatic heterocycles. The zero-order valence-electron chi connectivity index (χ0n) is 11.2. The summed E-state index contributed by atoms with van der Waals surface area (Å²) in [6.07, 6.45) is 7.03. The minimum atomic E-state index is 0.0560. The van der Waals surface area contributed by atoms with Crippen LogP contribution in [0, 0.1) is 5.92 Å². The quantitative estimate of drug-likeness (QED) is 0.842. The summed E-state index contributed by atoms with van der Waals surface area (Å²) >= 11 is 0. The smallest absolute Gasteiger partial charge is 0.227 e. The highest BCUT2D eigenvalue weighted by Gasteiger charge is 2.35. The Labute approximate surface area is 113 Å². The Morgan fingerprint density at radius 3 is 2.95 bits per heavy atom. The summed E-state index contributed by atoms with van der Waals surface area (Å²) < 4.78 is 0. The number of rotatable bonds is 2. The molecule has 0 spiro atoms. The van der Waals surface area contributed by atoms with Gasteiger partial charge in [0.05, 0.1) is 5.92 Å². The monoisotopic (exact) mass is 262 g/mol.